The van der Waals surface area contributed by atoms with E-state index in [2.05, 4.69) is 43.5 Å². The van der Waals surface area contributed by atoms with Gasteiger partial charge in [0.1, 0.15) is 5.75 Å². The second-order valence-corrected chi connectivity index (χ2v) is 7.43. The average molecular weight is 368 g/mol. The molecule has 0 aliphatic rings. The molecule has 2 amide bonds. The number of nitrogens with one attached hydrogen (secondary N) is 2. The Balaban J connectivity index is 1.72. The van der Waals surface area contributed by atoms with Crippen LogP contribution in [0.4, 0.5) is 5.69 Å². The zero-order valence-electron chi connectivity index (χ0n) is 16.5. The van der Waals surface area contributed by atoms with Crippen LogP contribution in [0, 0.1) is 0 Å². The molecule has 5 heteroatoms. The lowest BCUT2D eigenvalue weighted by Crippen LogP contribution is -2.18. The van der Waals surface area contributed by atoms with Crippen LogP contribution < -0.4 is 15.4 Å². The van der Waals surface area contributed by atoms with Gasteiger partial charge in [0.25, 0.3) is 5.91 Å². The van der Waals surface area contributed by atoms with Gasteiger partial charge in [-0.15, -0.1) is 0 Å². The van der Waals surface area contributed by atoms with Gasteiger partial charge in [0.2, 0.25) is 5.91 Å². The van der Waals surface area contributed by atoms with Crippen LogP contribution in [-0.2, 0) is 10.2 Å². The molecule has 0 saturated heterocycles. The van der Waals surface area contributed by atoms with Gasteiger partial charge in [-0.1, -0.05) is 32.9 Å². The third-order valence-corrected chi connectivity index (χ3v) is 4.20. The Morgan fingerprint density at radius 3 is 2.15 bits per heavy atom. The Kier molecular flexibility index (Phi) is 6.99. The fourth-order valence-corrected chi connectivity index (χ4v) is 2.55. The van der Waals surface area contributed by atoms with Crippen molar-refractivity contribution in [3.63, 3.8) is 0 Å². The fourth-order valence-electron chi connectivity index (χ4n) is 2.55. The summed E-state index contributed by atoms with van der Waals surface area (Å²) in [4.78, 5) is 23.5. The van der Waals surface area contributed by atoms with Gasteiger partial charge in [-0.2, -0.15) is 0 Å². The van der Waals surface area contributed by atoms with Crippen LogP contribution in [0.3, 0.4) is 0 Å². The Bertz CT molecular complexity index is 760. The molecule has 0 radical (unpaired) electrons. The minimum atomic E-state index is -0.152. The van der Waals surface area contributed by atoms with Crippen LogP contribution >= 0.6 is 0 Å². The topological polar surface area (TPSA) is 67.4 Å². The number of rotatable bonds is 7. The number of carbonyl (C=O) groups excluding carboxylic acids is 2. The SMILES string of the molecule is CNC(=O)c1ccc(NC(=O)CCCOc2ccc(C(C)(C)C)cc2)cc1. The molecule has 0 atom stereocenters. The monoisotopic (exact) mass is 368 g/mol. The van der Waals surface area contributed by atoms with E-state index >= 15 is 0 Å². The van der Waals surface area contributed by atoms with Crippen LogP contribution in [0.15, 0.2) is 48.5 Å². The number of carbonyl (C=O) groups is 2. The van der Waals surface area contributed by atoms with Gasteiger partial charge in [0, 0.05) is 24.7 Å². The summed E-state index contributed by atoms with van der Waals surface area (Å²) in [6.07, 6.45) is 1.00. The maximum atomic E-state index is 12.0. The fraction of sp³-hybridized carbons (Fsp3) is 0.364. The third kappa shape index (κ3) is 6.44. The van der Waals surface area contributed by atoms with Crippen molar-refractivity contribution in [1.82, 2.24) is 5.32 Å². The van der Waals surface area contributed by atoms with E-state index < -0.39 is 0 Å². The lowest BCUT2D eigenvalue weighted by atomic mass is 9.87. The first-order chi connectivity index (χ1) is 12.8. The molecule has 0 aromatic heterocycles. The highest BCUT2D eigenvalue weighted by molar-refractivity contribution is 5.95. The average Bonchev–Trinajstić information content (AvgIpc) is 2.65. The van der Waals surface area contributed by atoms with Crippen LogP contribution in [0.1, 0.15) is 49.5 Å². The molecule has 27 heavy (non-hydrogen) atoms. The Morgan fingerprint density at radius 1 is 0.963 bits per heavy atom. The van der Waals surface area contributed by atoms with E-state index in [0.717, 1.165) is 5.75 Å². The van der Waals surface area contributed by atoms with E-state index in [4.69, 9.17) is 4.74 Å². The van der Waals surface area contributed by atoms with Crippen LogP contribution in [0.2, 0.25) is 0 Å². The molecule has 2 rings (SSSR count). The molecule has 2 aromatic rings. The van der Waals surface area contributed by atoms with Crippen molar-refractivity contribution in [1.29, 1.82) is 0 Å². The van der Waals surface area contributed by atoms with E-state index in [9.17, 15) is 9.59 Å². The number of ether oxygens (including phenoxy) is 1. The number of hydrogen-bond donors (Lipinski definition) is 2. The van der Waals surface area contributed by atoms with Crippen molar-refractivity contribution in [3.05, 3.63) is 59.7 Å². The lowest BCUT2D eigenvalue weighted by molar-refractivity contribution is -0.116. The normalized spacial score (nSPS) is 11.0. The van der Waals surface area contributed by atoms with Gasteiger partial charge in [0.15, 0.2) is 0 Å². The minimum absolute atomic E-state index is 0.0747. The predicted octanol–water partition coefficient (Wildman–Crippen LogP) is 4.14. The molecule has 0 spiro atoms. The standard InChI is InChI=1S/C22H28N2O3/c1-22(2,3)17-9-13-19(14-10-17)27-15-5-6-20(25)24-18-11-7-16(8-12-18)21(26)23-4/h7-14H,5-6,15H2,1-4H3,(H,23,26)(H,24,25). The van der Waals surface area contributed by atoms with Crippen molar-refractivity contribution in [3.8, 4) is 5.75 Å². The molecule has 0 unspecified atom stereocenters. The lowest BCUT2D eigenvalue weighted by Gasteiger charge is -2.19. The van der Waals surface area contributed by atoms with E-state index in [0.29, 0.717) is 30.7 Å². The third-order valence-electron chi connectivity index (χ3n) is 4.20. The molecule has 5 nitrogen and oxygen atoms in total. The second-order valence-electron chi connectivity index (χ2n) is 7.43. The summed E-state index contributed by atoms with van der Waals surface area (Å²) in [5.41, 5.74) is 2.61. The van der Waals surface area contributed by atoms with Crippen molar-refractivity contribution in [2.75, 3.05) is 19.0 Å². The molecule has 0 aliphatic carbocycles. The van der Waals surface area contributed by atoms with Crippen LogP contribution in [-0.4, -0.2) is 25.5 Å². The number of hydrogen-bond acceptors (Lipinski definition) is 3. The van der Waals surface area contributed by atoms with Crippen molar-refractivity contribution in [2.45, 2.75) is 39.0 Å². The first-order valence-corrected chi connectivity index (χ1v) is 9.15. The predicted molar refractivity (Wildman–Crippen MR) is 108 cm³/mol. The van der Waals surface area contributed by atoms with Gasteiger partial charge in [-0.3, -0.25) is 9.59 Å². The first-order valence-electron chi connectivity index (χ1n) is 9.15. The zero-order valence-corrected chi connectivity index (χ0v) is 16.5. The maximum absolute atomic E-state index is 12.0. The molecule has 0 fully saturated rings. The molecule has 2 N–H and O–H groups in total. The summed E-state index contributed by atoms with van der Waals surface area (Å²) in [6, 6.07) is 14.9. The highest BCUT2D eigenvalue weighted by Crippen LogP contribution is 2.24. The van der Waals surface area contributed by atoms with Crippen LogP contribution in [0.5, 0.6) is 5.75 Å². The van der Waals surface area contributed by atoms with E-state index in [1.165, 1.54) is 5.56 Å². The summed E-state index contributed by atoms with van der Waals surface area (Å²) >= 11 is 0. The maximum Gasteiger partial charge on any atom is 0.251 e. The molecule has 0 saturated carbocycles. The molecule has 0 bridgehead atoms. The highest BCUT2D eigenvalue weighted by atomic mass is 16.5. The summed E-state index contributed by atoms with van der Waals surface area (Å²) < 4.78 is 5.70. The molecule has 0 aliphatic heterocycles. The summed E-state index contributed by atoms with van der Waals surface area (Å²) in [7, 11) is 1.58. The van der Waals surface area contributed by atoms with Gasteiger partial charge in [0.05, 0.1) is 6.61 Å². The van der Waals surface area contributed by atoms with E-state index in [1.807, 2.05) is 12.1 Å². The van der Waals surface area contributed by atoms with Gasteiger partial charge in [-0.25, -0.2) is 0 Å². The summed E-state index contributed by atoms with van der Waals surface area (Å²) in [6.45, 7) is 7.01. The molecule has 0 heterocycles. The van der Waals surface area contributed by atoms with Gasteiger partial charge < -0.3 is 15.4 Å². The van der Waals surface area contributed by atoms with E-state index in [1.54, 1.807) is 31.3 Å². The Hall–Kier alpha value is -2.82. The molecule has 144 valence electrons. The van der Waals surface area contributed by atoms with Crippen molar-refractivity contribution < 1.29 is 14.3 Å². The largest absolute Gasteiger partial charge is 0.494 e. The van der Waals surface area contributed by atoms with Crippen LogP contribution in [0.25, 0.3) is 0 Å². The van der Waals surface area contributed by atoms with E-state index in [-0.39, 0.29) is 17.2 Å². The first kappa shape index (κ1) is 20.5. The van der Waals surface area contributed by atoms with Gasteiger partial charge >= 0.3 is 0 Å². The molecular formula is C22H28N2O3. The zero-order chi connectivity index (χ0) is 19.9. The number of amides is 2. The van der Waals surface area contributed by atoms with Crippen molar-refractivity contribution in [2.24, 2.45) is 0 Å². The smallest absolute Gasteiger partial charge is 0.251 e. The highest BCUT2D eigenvalue weighted by Gasteiger charge is 2.13. The Morgan fingerprint density at radius 2 is 1.59 bits per heavy atom. The van der Waals surface area contributed by atoms with Crippen molar-refractivity contribution >= 4 is 17.5 Å². The molecule has 2 aromatic carbocycles. The summed E-state index contributed by atoms with van der Waals surface area (Å²) in [5, 5.41) is 5.38. The quantitative estimate of drug-likeness (QED) is 0.722. The van der Waals surface area contributed by atoms with Gasteiger partial charge in [-0.05, 0) is 53.8 Å². The number of anilines is 1. The Labute approximate surface area is 161 Å². The summed E-state index contributed by atoms with van der Waals surface area (Å²) in [5.74, 6) is 0.586. The number of benzene rings is 2. The molecular weight excluding hydrogens is 340 g/mol. The minimum Gasteiger partial charge on any atom is -0.494 e. The second kappa shape index (κ2) is 9.21.